The topological polar surface area (TPSA) is 97.0 Å². The van der Waals surface area contributed by atoms with E-state index < -0.39 is 11.9 Å². The van der Waals surface area contributed by atoms with E-state index in [1.165, 1.54) is 18.4 Å². The maximum atomic E-state index is 12.7. The molecule has 1 aromatic heterocycles. The number of carbonyl (C=O) groups excluding carboxylic acids is 3. The molecule has 2 aromatic rings. The van der Waals surface area contributed by atoms with Crippen LogP contribution in [0.15, 0.2) is 34.1 Å². The molecule has 0 aliphatic carbocycles. The number of nitrogens with zero attached hydrogens (tertiary/aromatic N) is 1. The number of benzene rings is 1. The molecule has 0 unspecified atom stereocenters. The van der Waals surface area contributed by atoms with Gasteiger partial charge >= 0.3 is 0 Å². The molecular formula is C20H22BrN3O5S. The van der Waals surface area contributed by atoms with Crippen LogP contribution in [0.3, 0.4) is 0 Å². The van der Waals surface area contributed by atoms with Gasteiger partial charge in [-0.1, -0.05) is 0 Å². The first-order valence-electron chi connectivity index (χ1n) is 9.24. The van der Waals surface area contributed by atoms with Crippen molar-refractivity contribution in [2.45, 2.75) is 13.0 Å². The summed E-state index contributed by atoms with van der Waals surface area (Å²) in [5, 5.41) is 5.50. The van der Waals surface area contributed by atoms with Gasteiger partial charge in [-0.2, -0.15) is 0 Å². The van der Waals surface area contributed by atoms with Crippen LogP contribution in [0.5, 0.6) is 0 Å². The minimum atomic E-state index is -0.857. The highest BCUT2D eigenvalue weighted by molar-refractivity contribution is 9.11. The van der Waals surface area contributed by atoms with Crippen molar-refractivity contribution >= 4 is 56.4 Å². The van der Waals surface area contributed by atoms with Gasteiger partial charge in [0, 0.05) is 25.0 Å². The normalized spacial score (nSPS) is 15.0. The molecule has 3 rings (SSSR count). The number of carbonyl (C=O) groups is 3. The molecule has 0 radical (unpaired) electrons. The molecule has 1 atom stereocenters. The molecular weight excluding hydrogens is 474 g/mol. The Morgan fingerprint density at radius 3 is 2.77 bits per heavy atom. The molecule has 0 saturated carbocycles. The number of amides is 3. The van der Waals surface area contributed by atoms with Crippen molar-refractivity contribution in [2.24, 2.45) is 0 Å². The van der Waals surface area contributed by atoms with Crippen molar-refractivity contribution in [3.05, 3.63) is 44.6 Å². The lowest BCUT2D eigenvalue weighted by Crippen LogP contribution is -2.46. The fourth-order valence-corrected chi connectivity index (χ4v) is 4.34. The molecule has 1 aliphatic heterocycles. The molecule has 0 bridgehead atoms. The number of rotatable bonds is 7. The van der Waals surface area contributed by atoms with Gasteiger partial charge in [0.2, 0.25) is 5.91 Å². The van der Waals surface area contributed by atoms with Crippen LogP contribution < -0.4 is 15.5 Å². The molecule has 10 heteroatoms. The van der Waals surface area contributed by atoms with E-state index in [9.17, 15) is 14.4 Å². The van der Waals surface area contributed by atoms with E-state index >= 15 is 0 Å². The Bertz CT molecular complexity index is 948. The summed E-state index contributed by atoms with van der Waals surface area (Å²) < 4.78 is 11.1. The molecule has 2 heterocycles. The quantitative estimate of drug-likeness (QED) is 0.615. The Kier molecular flexibility index (Phi) is 7.59. The summed E-state index contributed by atoms with van der Waals surface area (Å²) in [6.07, 6.45) is 0. The number of ether oxygens (including phenoxy) is 2. The number of morpholine rings is 1. The highest BCUT2D eigenvalue weighted by Gasteiger charge is 2.24. The Morgan fingerprint density at radius 1 is 1.33 bits per heavy atom. The first-order chi connectivity index (χ1) is 14.4. The summed E-state index contributed by atoms with van der Waals surface area (Å²) in [4.78, 5) is 39.4. The number of hydrogen-bond acceptors (Lipinski definition) is 6. The molecule has 1 fully saturated rings. The zero-order valence-corrected chi connectivity index (χ0v) is 19.0. The minimum Gasteiger partial charge on any atom is -0.382 e. The van der Waals surface area contributed by atoms with Gasteiger partial charge in [-0.05, 0) is 58.7 Å². The largest absolute Gasteiger partial charge is 0.382 e. The van der Waals surface area contributed by atoms with Crippen LogP contribution in [-0.2, 0) is 19.1 Å². The highest BCUT2D eigenvalue weighted by Crippen LogP contribution is 2.25. The number of thiophene rings is 1. The summed E-state index contributed by atoms with van der Waals surface area (Å²) in [5.74, 6) is -0.833. The third-order valence-electron chi connectivity index (χ3n) is 4.49. The fraction of sp³-hybridized carbons (Fsp3) is 0.350. The maximum Gasteiger partial charge on any atom is 0.262 e. The summed E-state index contributed by atoms with van der Waals surface area (Å²) in [5.41, 5.74) is 2.20. The van der Waals surface area contributed by atoms with Gasteiger partial charge in [-0.3, -0.25) is 14.4 Å². The van der Waals surface area contributed by atoms with E-state index in [4.69, 9.17) is 9.47 Å². The average molecular weight is 496 g/mol. The standard InChI is InChI=1S/C20H22BrN3O5S/c1-12-9-13(3-4-15(12)24-7-8-29-11-18(24)25)22-19(26)14(10-28-2)23-20(27)16-5-6-17(21)30-16/h3-6,9,14H,7-8,10-11H2,1-2H3,(H,22,26)(H,23,27)/t14-/m1/s1. The van der Waals surface area contributed by atoms with Crippen molar-refractivity contribution < 1.29 is 23.9 Å². The zero-order valence-electron chi connectivity index (χ0n) is 16.6. The summed E-state index contributed by atoms with van der Waals surface area (Å²) >= 11 is 4.60. The molecule has 0 spiro atoms. The predicted octanol–water partition coefficient (Wildman–Crippen LogP) is 2.57. The Hall–Kier alpha value is -2.27. The van der Waals surface area contributed by atoms with Crippen molar-refractivity contribution in [3.63, 3.8) is 0 Å². The number of halogens is 1. The Balaban J connectivity index is 1.68. The van der Waals surface area contributed by atoms with E-state index in [0.29, 0.717) is 23.7 Å². The lowest BCUT2D eigenvalue weighted by Gasteiger charge is -2.28. The number of anilines is 2. The highest BCUT2D eigenvalue weighted by atomic mass is 79.9. The van der Waals surface area contributed by atoms with Crippen LogP contribution in [0.2, 0.25) is 0 Å². The molecule has 8 nitrogen and oxygen atoms in total. The number of methoxy groups -OCH3 is 1. The minimum absolute atomic E-state index is 0.0312. The van der Waals surface area contributed by atoms with E-state index in [-0.39, 0.29) is 25.0 Å². The summed E-state index contributed by atoms with van der Waals surface area (Å²) in [7, 11) is 1.46. The van der Waals surface area contributed by atoms with Crippen molar-refractivity contribution in [1.82, 2.24) is 5.32 Å². The lowest BCUT2D eigenvalue weighted by atomic mass is 10.1. The first-order valence-corrected chi connectivity index (χ1v) is 10.8. The Morgan fingerprint density at radius 2 is 2.13 bits per heavy atom. The van der Waals surface area contributed by atoms with Gasteiger partial charge in [0.1, 0.15) is 12.6 Å². The Labute approximate surface area is 186 Å². The molecule has 1 aliphatic rings. The second-order valence-corrected chi connectivity index (χ2v) is 9.14. The molecule has 2 N–H and O–H groups in total. The van der Waals surface area contributed by atoms with Gasteiger partial charge in [0.25, 0.3) is 11.8 Å². The summed E-state index contributed by atoms with van der Waals surface area (Å²) in [6, 6.07) is 7.91. The maximum absolute atomic E-state index is 12.7. The fourth-order valence-electron chi connectivity index (χ4n) is 3.05. The smallest absolute Gasteiger partial charge is 0.262 e. The third kappa shape index (κ3) is 5.45. The second kappa shape index (κ2) is 10.2. The van der Waals surface area contributed by atoms with Gasteiger partial charge in [0.05, 0.1) is 21.9 Å². The van der Waals surface area contributed by atoms with Crippen molar-refractivity contribution in [3.8, 4) is 0 Å². The van der Waals surface area contributed by atoms with E-state index in [1.54, 1.807) is 35.2 Å². The third-order valence-corrected chi connectivity index (χ3v) is 6.12. The zero-order chi connectivity index (χ0) is 21.7. The molecule has 1 saturated heterocycles. The van der Waals surface area contributed by atoms with Crippen molar-refractivity contribution in [1.29, 1.82) is 0 Å². The van der Waals surface area contributed by atoms with Gasteiger partial charge in [-0.25, -0.2) is 0 Å². The van der Waals surface area contributed by atoms with Crippen LogP contribution in [0.25, 0.3) is 0 Å². The number of nitrogens with one attached hydrogen (secondary N) is 2. The molecule has 3 amide bonds. The van der Waals surface area contributed by atoms with Crippen LogP contribution in [0, 0.1) is 6.92 Å². The lowest BCUT2D eigenvalue weighted by molar-refractivity contribution is -0.125. The number of aryl methyl sites for hydroxylation is 1. The van der Waals surface area contributed by atoms with E-state index in [1.807, 2.05) is 6.92 Å². The SMILES string of the molecule is COC[C@@H](NC(=O)c1ccc(Br)s1)C(=O)Nc1ccc(N2CCOCC2=O)c(C)c1. The average Bonchev–Trinajstić information content (AvgIpc) is 3.15. The van der Waals surface area contributed by atoms with Crippen LogP contribution in [0.1, 0.15) is 15.2 Å². The summed E-state index contributed by atoms with van der Waals surface area (Å²) in [6.45, 7) is 2.95. The van der Waals surface area contributed by atoms with E-state index in [0.717, 1.165) is 15.0 Å². The van der Waals surface area contributed by atoms with Crippen LogP contribution >= 0.6 is 27.3 Å². The predicted molar refractivity (Wildman–Crippen MR) is 118 cm³/mol. The molecule has 1 aromatic carbocycles. The van der Waals surface area contributed by atoms with Gasteiger partial charge in [-0.15, -0.1) is 11.3 Å². The van der Waals surface area contributed by atoms with Crippen molar-refractivity contribution in [2.75, 3.05) is 43.7 Å². The molecule has 160 valence electrons. The first kappa shape index (κ1) is 22.4. The number of hydrogen-bond donors (Lipinski definition) is 2. The van der Waals surface area contributed by atoms with E-state index in [2.05, 4.69) is 26.6 Å². The van der Waals surface area contributed by atoms with Gasteiger partial charge < -0.3 is 25.0 Å². The van der Waals surface area contributed by atoms with Crippen LogP contribution in [0.4, 0.5) is 11.4 Å². The second-order valence-electron chi connectivity index (χ2n) is 6.67. The van der Waals surface area contributed by atoms with Crippen LogP contribution in [-0.4, -0.2) is 57.2 Å². The van der Waals surface area contributed by atoms with Gasteiger partial charge in [0.15, 0.2) is 0 Å². The molecule has 30 heavy (non-hydrogen) atoms. The monoisotopic (exact) mass is 495 g/mol.